The van der Waals surface area contributed by atoms with E-state index in [2.05, 4.69) is 15.2 Å². The van der Waals surface area contributed by atoms with E-state index < -0.39 is 29.8 Å². The lowest BCUT2D eigenvalue weighted by molar-refractivity contribution is -0.149. The predicted octanol–water partition coefficient (Wildman–Crippen LogP) is 3.08. The zero-order chi connectivity index (χ0) is 24.3. The van der Waals surface area contributed by atoms with E-state index in [1.54, 1.807) is 43.5 Å². The van der Waals surface area contributed by atoms with E-state index in [4.69, 9.17) is 10.5 Å². The van der Waals surface area contributed by atoms with Gasteiger partial charge in [0.2, 0.25) is 5.92 Å². The van der Waals surface area contributed by atoms with E-state index in [0.29, 0.717) is 36.5 Å². The zero-order valence-electron chi connectivity index (χ0n) is 19.3. The van der Waals surface area contributed by atoms with Crippen LogP contribution >= 0.6 is 0 Å². The highest BCUT2D eigenvalue weighted by Crippen LogP contribution is 2.47. The fourth-order valence-electron chi connectivity index (χ4n) is 5.09. The molecule has 1 unspecified atom stereocenters. The van der Waals surface area contributed by atoms with Crippen LogP contribution in [-0.4, -0.2) is 53.1 Å². The van der Waals surface area contributed by atoms with Crippen molar-refractivity contribution in [3.05, 3.63) is 53.7 Å². The number of piperidine rings is 1. The summed E-state index contributed by atoms with van der Waals surface area (Å²) in [5.41, 5.74) is 5.02. The summed E-state index contributed by atoms with van der Waals surface area (Å²) in [6, 6.07) is 11.8. The maximum Gasteiger partial charge on any atom is 0.257 e. The van der Waals surface area contributed by atoms with Gasteiger partial charge in [0.15, 0.2) is 5.60 Å². The van der Waals surface area contributed by atoms with Gasteiger partial charge >= 0.3 is 0 Å². The van der Waals surface area contributed by atoms with Crippen molar-refractivity contribution in [1.82, 2.24) is 15.2 Å². The van der Waals surface area contributed by atoms with Crippen LogP contribution in [0.15, 0.2) is 42.5 Å². The Morgan fingerprint density at radius 1 is 1.26 bits per heavy atom. The van der Waals surface area contributed by atoms with Crippen molar-refractivity contribution in [2.45, 2.75) is 56.2 Å². The first kappa shape index (κ1) is 24.3. The fraction of sp³-hybridized carbons (Fsp3) is 0.520. The summed E-state index contributed by atoms with van der Waals surface area (Å²) in [5.74, 6) is -3.25. The molecule has 184 valence electrons. The van der Waals surface area contributed by atoms with Gasteiger partial charge in [0.1, 0.15) is 11.6 Å². The van der Waals surface area contributed by atoms with E-state index in [1.807, 2.05) is 6.07 Å². The summed E-state index contributed by atoms with van der Waals surface area (Å²) in [4.78, 5) is 19.9. The third-order valence-corrected chi connectivity index (χ3v) is 6.97. The Morgan fingerprint density at radius 2 is 1.97 bits per heavy atom. The molecule has 1 saturated heterocycles. The van der Waals surface area contributed by atoms with Gasteiger partial charge in [-0.1, -0.05) is 30.3 Å². The summed E-state index contributed by atoms with van der Waals surface area (Å²) in [6.07, 6.45) is 0.636. The highest BCUT2D eigenvalue weighted by atomic mass is 19.3. The van der Waals surface area contributed by atoms with Gasteiger partial charge in [-0.2, -0.15) is 0 Å². The second-order valence-corrected chi connectivity index (χ2v) is 9.38. The normalized spacial score (nSPS) is 22.8. The number of anilines is 1. The van der Waals surface area contributed by atoms with Crippen molar-refractivity contribution < 1.29 is 23.4 Å². The number of aromatic nitrogens is 1. The number of benzene rings is 1. The van der Waals surface area contributed by atoms with E-state index in [1.165, 1.54) is 0 Å². The van der Waals surface area contributed by atoms with Crippen LogP contribution in [0, 0.1) is 5.92 Å². The fourth-order valence-corrected chi connectivity index (χ4v) is 5.09. The number of nitrogens with two attached hydrogens (primary N) is 1. The highest BCUT2D eigenvalue weighted by Gasteiger charge is 2.53. The molecule has 0 spiro atoms. The number of amides is 1. The average Bonchev–Trinajstić information content (AvgIpc) is 3.20. The van der Waals surface area contributed by atoms with Crippen LogP contribution in [-0.2, 0) is 16.9 Å². The third kappa shape index (κ3) is 5.31. The maximum atomic E-state index is 14.0. The molecule has 1 aliphatic carbocycles. The van der Waals surface area contributed by atoms with Crippen molar-refractivity contribution in [3.8, 4) is 5.75 Å². The Hall–Kier alpha value is -2.78. The van der Waals surface area contributed by atoms with Gasteiger partial charge in [-0.3, -0.25) is 9.69 Å². The maximum absolute atomic E-state index is 14.0. The van der Waals surface area contributed by atoms with Gasteiger partial charge < -0.3 is 20.9 Å². The molecule has 1 aromatic carbocycles. The summed E-state index contributed by atoms with van der Waals surface area (Å²) in [7, 11) is 1.58. The predicted molar refractivity (Wildman–Crippen MR) is 124 cm³/mol. The number of methoxy groups -OCH3 is 1. The lowest BCUT2D eigenvalue weighted by Crippen LogP contribution is -2.54. The molecule has 1 aromatic heterocycles. The van der Waals surface area contributed by atoms with Crippen LogP contribution in [0.3, 0.4) is 0 Å². The molecule has 0 bridgehead atoms. The van der Waals surface area contributed by atoms with Crippen LogP contribution in [0.5, 0.6) is 5.75 Å². The number of nitrogen functional groups attached to an aromatic ring is 1. The van der Waals surface area contributed by atoms with Crippen molar-refractivity contribution in [3.63, 3.8) is 0 Å². The zero-order valence-corrected chi connectivity index (χ0v) is 19.3. The average molecular weight is 475 g/mol. The molecule has 1 saturated carbocycles. The van der Waals surface area contributed by atoms with Crippen molar-refractivity contribution in [1.29, 1.82) is 0 Å². The number of hydrogen-bond donors (Lipinski definition) is 3. The third-order valence-electron chi connectivity index (χ3n) is 6.97. The van der Waals surface area contributed by atoms with E-state index in [9.17, 15) is 18.7 Å². The molecule has 2 heterocycles. The van der Waals surface area contributed by atoms with Crippen LogP contribution in [0.4, 0.5) is 14.6 Å². The number of nitrogens with one attached hydrogen (secondary N) is 1. The number of alkyl halides is 2. The first-order chi connectivity index (χ1) is 16.2. The second-order valence-electron chi connectivity index (χ2n) is 9.38. The molecule has 9 heteroatoms. The minimum absolute atomic E-state index is 0.0981. The molecule has 2 fully saturated rings. The topological polar surface area (TPSA) is 101 Å². The minimum atomic E-state index is -2.86. The largest absolute Gasteiger partial charge is 0.497 e. The van der Waals surface area contributed by atoms with E-state index in [-0.39, 0.29) is 18.9 Å². The Bertz CT molecular complexity index is 999. The molecule has 4 rings (SSSR count). The van der Waals surface area contributed by atoms with E-state index in [0.717, 1.165) is 18.8 Å². The number of ether oxygens (including phenoxy) is 1. The highest BCUT2D eigenvalue weighted by molar-refractivity contribution is 5.87. The van der Waals surface area contributed by atoms with Crippen LogP contribution in [0.25, 0.3) is 0 Å². The Labute approximate surface area is 198 Å². The molecular weight excluding hydrogens is 442 g/mol. The van der Waals surface area contributed by atoms with Crippen LogP contribution < -0.4 is 15.8 Å². The number of halogens is 2. The number of carbonyl (C=O) groups is 1. The number of hydrogen-bond acceptors (Lipinski definition) is 6. The summed E-state index contributed by atoms with van der Waals surface area (Å²) < 4.78 is 33.2. The van der Waals surface area contributed by atoms with Crippen molar-refractivity contribution >= 4 is 11.7 Å². The summed E-state index contributed by atoms with van der Waals surface area (Å²) in [5, 5.41) is 14.5. The van der Waals surface area contributed by atoms with Crippen LogP contribution in [0.1, 0.15) is 43.4 Å². The first-order valence-electron chi connectivity index (χ1n) is 11.7. The lowest BCUT2D eigenvalue weighted by Gasteiger charge is -2.37. The number of aliphatic hydroxyl groups is 1. The molecule has 34 heavy (non-hydrogen) atoms. The number of carbonyl (C=O) groups excluding carboxylic acids is 1. The lowest BCUT2D eigenvalue weighted by atomic mass is 9.79. The summed E-state index contributed by atoms with van der Waals surface area (Å²) >= 11 is 0. The molecular formula is C25H32F2N4O3. The Balaban J connectivity index is 1.40. The van der Waals surface area contributed by atoms with E-state index >= 15 is 0 Å². The number of pyridine rings is 1. The van der Waals surface area contributed by atoms with Crippen molar-refractivity contribution in [2.75, 3.05) is 25.9 Å². The molecule has 0 radical (unpaired) electrons. The summed E-state index contributed by atoms with van der Waals surface area (Å²) in [6.45, 7) is 2.04. The van der Waals surface area contributed by atoms with Gasteiger partial charge in [0, 0.05) is 56.6 Å². The van der Waals surface area contributed by atoms with Gasteiger partial charge in [0.25, 0.3) is 5.91 Å². The quantitative estimate of drug-likeness (QED) is 0.570. The molecule has 2 aromatic rings. The number of rotatable bonds is 7. The van der Waals surface area contributed by atoms with Gasteiger partial charge in [-0.05, 0) is 24.8 Å². The minimum Gasteiger partial charge on any atom is -0.497 e. The molecule has 4 N–H and O–H groups in total. The first-order valence-corrected chi connectivity index (χ1v) is 11.7. The van der Waals surface area contributed by atoms with Gasteiger partial charge in [0.05, 0.1) is 12.8 Å². The Kier molecular flexibility index (Phi) is 7.04. The monoisotopic (exact) mass is 474 g/mol. The molecule has 2 aliphatic rings. The van der Waals surface area contributed by atoms with Crippen molar-refractivity contribution in [2.24, 2.45) is 5.92 Å². The molecule has 7 nitrogen and oxygen atoms in total. The molecule has 1 aliphatic heterocycles. The SMILES string of the molecule is COc1cc(N)nc(CN2CCC(NC(=O)[C@](O)(c3ccccc3)C3CCC(F)(F)C3)CC2)c1. The van der Waals surface area contributed by atoms with Gasteiger partial charge in [-0.25, -0.2) is 13.8 Å². The second kappa shape index (κ2) is 9.84. The van der Waals surface area contributed by atoms with Gasteiger partial charge in [-0.15, -0.1) is 0 Å². The standard InChI is InChI=1S/C25H32F2N4O3/c1-34-21-13-20(29-22(28)14-21)16-31-11-8-19(9-12-31)30-23(32)25(33,17-5-3-2-4-6-17)18-7-10-24(26,27)15-18/h2-6,13-14,18-19,33H,7-12,15-16H2,1H3,(H2,28,29)(H,30,32)/t18?,25-/m0/s1. The number of likely N-dealkylation sites (tertiary alicyclic amines) is 1. The number of nitrogens with zero attached hydrogens (tertiary/aromatic N) is 2. The molecule has 2 atom stereocenters. The van der Waals surface area contributed by atoms with Crippen LogP contribution in [0.2, 0.25) is 0 Å². The smallest absolute Gasteiger partial charge is 0.257 e. The molecule has 1 amide bonds. The Morgan fingerprint density at radius 3 is 2.59 bits per heavy atom.